The van der Waals surface area contributed by atoms with E-state index in [-0.39, 0.29) is 17.9 Å². The lowest BCUT2D eigenvalue weighted by atomic mass is 10.0. The number of carbonyl (C=O) groups excluding carboxylic acids is 2. The monoisotopic (exact) mass is 500 g/mol. The first kappa shape index (κ1) is 26.4. The average molecular weight is 501 g/mol. The van der Waals surface area contributed by atoms with Crippen LogP contribution in [0.4, 0.5) is 0 Å². The van der Waals surface area contributed by atoms with Crippen LogP contribution in [0.3, 0.4) is 0 Å². The average Bonchev–Trinajstić information content (AvgIpc) is 2.89. The molecule has 0 aliphatic carbocycles. The van der Waals surface area contributed by atoms with E-state index in [1.165, 1.54) is 12.5 Å². The molecule has 1 aromatic heterocycles. The summed E-state index contributed by atoms with van der Waals surface area (Å²) in [6.45, 7) is 8.09. The summed E-state index contributed by atoms with van der Waals surface area (Å²) in [5, 5.41) is 6.25. The summed E-state index contributed by atoms with van der Waals surface area (Å²) in [6.07, 6.45) is 1.82. The maximum absolute atomic E-state index is 13.4. The van der Waals surface area contributed by atoms with Gasteiger partial charge >= 0.3 is 0 Å². The molecule has 1 aliphatic heterocycles. The van der Waals surface area contributed by atoms with Gasteiger partial charge in [0, 0.05) is 56.8 Å². The van der Waals surface area contributed by atoms with E-state index in [0.717, 1.165) is 41.9 Å². The largest absolute Gasteiger partial charge is 0.438 e. The molecule has 1 atom stereocenters. The van der Waals surface area contributed by atoms with Gasteiger partial charge < -0.3 is 20.3 Å². The zero-order valence-corrected chi connectivity index (χ0v) is 21.9. The van der Waals surface area contributed by atoms with Crippen LogP contribution >= 0.6 is 0 Å². The van der Waals surface area contributed by atoms with Gasteiger partial charge in [0.15, 0.2) is 0 Å². The fourth-order valence-corrected chi connectivity index (χ4v) is 4.65. The van der Waals surface area contributed by atoms with Gasteiger partial charge in [-0.1, -0.05) is 54.1 Å². The van der Waals surface area contributed by atoms with Gasteiger partial charge in [-0.3, -0.25) is 9.59 Å². The summed E-state index contributed by atoms with van der Waals surface area (Å²) in [5.74, 6) is 1.20. The van der Waals surface area contributed by atoms with Gasteiger partial charge in [-0.15, -0.1) is 0 Å². The summed E-state index contributed by atoms with van der Waals surface area (Å²) < 4.78 is 6.29. The van der Waals surface area contributed by atoms with Gasteiger partial charge in [0.25, 0.3) is 0 Å². The molecule has 2 aromatic carbocycles. The van der Waals surface area contributed by atoms with E-state index in [1.54, 1.807) is 0 Å². The van der Waals surface area contributed by atoms with Crippen LogP contribution < -0.4 is 15.4 Å². The number of rotatable bonds is 9. The number of piperazine rings is 1. The Morgan fingerprint density at radius 2 is 1.89 bits per heavy atom. The van der Waals surface area contributed by atoms with Crippen molar-refractivity contribution in [3.63, 3.8) is 0 Å². The molecular formula is C30H36N4O3. The number of hydrogen-bond acceptors (Lipinski definition) is 5. The molecule has 2 N–H and O–H groups in total. The molecule has 0 saturated carbocycles. The highest BCUT2D eigenvalue weighted by Gasteiger charge is 2.26. The summed E-state index contributed by atoms with van der Waals surface area (Å²) in [7, 11) is 0. The zero-order valence-electron chi connectivity index (χ0n) is 21.9. The third kappa shape index (κ3) is 7.40. The third-order valence-electron chi connectivity index (χ3n) is 6.62. The Morgan fingerprint density at radius 1 is 1.08 bits per heavy atom. The minimum absolute atomic E-state index is 0.112. The Bertz CT molecular complexity index is 1230. The van der Waals surface area contributed by atoms with Crippen LogP contribution in [0, 0.1) is 13.8 Å². The molecule has 0 bridgehead atoms. The highest BCUT2D eigenvalue weighted by molar-refractivity contribution is 5.77. The predicted octanol–water partition coefficient (Wildman–Crippen LogP) is 4.10. The van der Waals surface area contributed by atoms with Crippen LogP contribution in [0.15, 0.2) is 60.7 Å². The number of nitrogens with zero attached hydrogens (tertiary/aromatic N) is 2. The van der Waals surface area contributed by atoms with E-state index in [2.05, 4.69) is 33.8 Å². The van der Waals surface area contributed by atoms with Crippen molar-refractivity contribution in [1.29, 1.82) is 0 Å². The second-order valence-corrected chi connectivity index (χ2v) is 9.67. The predicted molar refractivity (Wildman–Crippen MR) is 145 cm³/mol. The van der Waals surface area contributed by atoms with Crippen LogP contribution in [0.25, 0.3) is 0 Å². The first-order valence-electron chi connectivity index (χ1n) is 12.9. The highest BCUT2D eigenvalue weighted by Crippen LogP contribution is 2.29. The minimum Gasteiger partial charge on any atom is -0.438 e. The van der Waals surface area contributed by atoms with E-state index in [4.69, 9.17) is 4.74 Å². The number of nitrogens with one attached hydrogen (secondary N) is 2. The lowest BCUT2D eigenvalue weighted by Crippen LogP contribution is -2.54. The van der Waals surface area contributed by atoms with Crippen LogP contribution in [0.1, 0.15) is 41.3 Å². The molecule has 7 heteroatoms. The first-order valence-corrected chi connectivity index (χ1v) is 12.9. The molecule has 2 heterocycles. The number of hydrogen-bond donors (Lipinski definition) is 2. The Labute approximate surface area is 219 Å². The Kier molecular flexibility index (Phi) is 8.90. The van der Waals surface area contributed by atoms with E-state index in [1.807, 2.05) is 61.2 Å². The summed E-state index contributed by atoms with van der Waals surface area (Å²) >= 11 is 0. The zero-order chi connectivity index (χ0) is 26.2. The van der Waals surface area contributed by atoms with Crippen molar-refractivity contribution >= 4 is 11.8 Å². The molecule has 0 unspecified atom stereocenters. The SMILES string of the molecule is CC(=O)NCc1ccc(C)nc1Oc1ccc(C)cc1CCC(=O)N1CCNC[C@H]1Cc1ccccc1. The van der Waals surface area contributed by atoms with Crippen molar-refractivity contribution < 1.29 is 14.3 Å². The molecule has 4 rings (SSSR count). The summed E-state index contributed by atoms with van der Waals surface area (Å²) in [4.78, 5) is 31.4. The van der Waals surface area contributed by atoms with Gasteiger partial charge in [-0.2, -0.15) is 0 Å². The Morgan fingerprint density at radius 3 is 2.68 bits per heavy atom. The lowest BCUT2D eigenvalue weighted by molar-refractivity contribution is -0.134. The maximum Gasteiger partial charge on any atom is 0.224 e. The smallest absolute Gasteiger partial charge is 0.224 e. The van der Waals surface area contributed by atoms with Gasteiger partial charge in [0.05, 0.1) is 0 Å². The molecule has 194 valence electrons. The minimum atomic E-state index is -0.112. The Hall–Kier alpha value is -3.71. The Balaban J connectivity index is 1.47. The molecule has 2 amide bonds. The van der Waals surface area contributed by atoms with Gasteiger partial charge in [-0.05, 0) is 49.9 Å². The van der Waals surface area contributed by atoms with Crippen LogP contribution in [0.5, 0.6) is 11.6 Å². The van der Waals surface area contributed by atoms with Crippen LogP contribution in [-0.4, -0.2) is 47.4 Å². The van der Waals surface area contributed by atoms with E-state index in [0.29, 0.717) is 37.6 Å². The fraction of sp³-hybridized carbons (Fsp3) is 0.367. The maximum atomic E-state index is 13.4. The summed E-state index contributed by atoms with van der Waals surface area (Å²) in [5.41, 5.74) is 4.94. The molecule has 0 spiro atoms. The topological polar surface area (TPSA) is 83.6 Å². The molecule has 1 fully saturated rings. The van der Waals surface area contributed by atoms with Gasteiger partial charge in [0.2, 0.25) is 17.7 Å². The number of ether oxygens (including phenoxy) is 1. The quantitative estimate of drug-likeness (QED) is 0.462. The van der Waals surface area contributed by atoms with E-state index < -0.39 is 0 Å². The summed E-state index contributed by atoms with van der Waals surface area (Å²) in [6, 6.07) is 20.3. The van der Waals surface area contributed by atoms with E-state index >= 15 is 0 Å². The molecule has 0 radical (unpaired) electrons. The van der Waals surface area contributed by atoms with Crippen molar-refractivity contribution in [3.8, 4) is 11.6 Å². The van der Waals surface area contributed by atoms with Gasteiger partial charge in [0.1, 0.15) is 5.75 Å². The third-order valence-corrected chi connectivity index (χ3v) is 6.62. The number of benzene rings is 2. The molecule has 1 aliphatic rings. The fourth-order valence-electron chi connectivity index (χ4n) is 4.65. The second-order valence-electron chi connectivity index (χ2n) is 9.67. The number of aryl methyl sites for hydroxylation is 3. The second kappa shape index (κ2) is 12.5. The first-order chi connectivity index (χ1) is 17.9. The molecule has 3 aromatic rings. The van der Waals surface area contributed by atoms with E-state index in [9.17, 15) is 9.59 Å². The van der Waals surface area contributed by atoms with Crippen LogP contribution in [-0.2, 0) is 29.0 Å². The standard InChI is InChI=1S/C30H36N4O3/c1-21-9-13-28(37-30-26(19-32-23(3)35)11-10-22(2)33-30)25(17-21)12-14-29(36)34-16-15-31-20-27(34)18-24-7-5-4-6-8-24/h4-11,13,17,27,31H,12,14-16,18-20H2,1-3H3,(H,32,35)/t27-/m1/s1. The van der Waals surface area contributed by atoms with Crippen molar-refractivity contribution in [2.75, 3.05) is 19.6 Å². The number of amides is 2. The lowest BCUT2D eigenvalue weighted by Gasteiger charge is -2.36. The molecular weight excluding hydrogens is 464 g/mol. The molecule has 1 saturated heterocycles. The number of aromatic nitrogens is 1. The molecule has 7 nitrogen and oxygen atoms in total. The molecule has 37 heavy (non-hydrogen) atoms. The van der Waals surface area contributed by atoms with Crippen molar-refractivity contribution in [1.82, 2.24) is 20.5 Å². The normalized spacial score (nSPS) is 15.3. The number of pyridine rings is 1. The number of carbonyl (C=O) groups is 2. The van der Waals surface area contributed by atoms with Crippen LogP contribution in [0.2, 0.25) is 0 Å². The van der Waals surface area contributed by atoms with Crippen molar-refractivity contribution in [3.05, 3.63) is 88.6 Å². The van der Waals surface area contributed by atoms with Gasteiger partial charge in [-0.25, -0.2) is 4.98 Å². The highest BCUT2D eigenvalue weighted by atomic mass is 16.5. The van der Waals surface area contributed by atoms with Crippen molar-refractivity contribution in [2.24, 2.45) is 0 Å². The van der Waals surface area contributed by atoms with Crippen molar-refractivity contribution in [2.45, 2.75) is 52.6 Å².